The summed E-state index contributed by atoms with van der Waals surface area (Å²) in [5, 5.41) is 5.00. The van der Waals surface area contributed by atoms with Gasteiger partial charge < -0.3 is 5.32 Å². The van der Waals surface area contributed by atoms with E-state index in [1.807, 2.05) is 85.1 Å². The van der Waals surface area contributed by atoms with Crippen LogP contribution in [0.5, 0.6) is 0 Å². The number of nitrogens with zero attached hydrogens (tertiary/aromatic N) is 2. The Kier molecular flexibility index (Phi) is 6.45. The molecule has 6 aromatic rings. The number of pyridine rings is 2. The van der Waals surface area contributed by atoms with E-state index < -0.39 is 11.7 Å². The summed E-state index contributed by atoms with van der Waals surface area (Å²) in [4.78, 5) is 8.84. The van der Waals surface area contributed by atoms with Gasteiger partial charge in [-0.1, -0.05) is 72.8 Å². The summed E-state index contributed by atoms with van der Waals surface area (Å²) in [5.41, 5.74) is 5.57. The number of hydrogen-bond acceptors (Lipinski definition) is 3. The Labute approximate surface area is 224 Å². The van der Waals surface area contributed by atoms with E-state index in [2.05, 4.69) is 21.4 Å². The SMILES string of the molecule is FC(F)(F)c1cccc2c(-c3cccc(NCc4cnc5ccccc5c4)c3)c(Cc3ccccc3)cnc12. The third kappa shape index (κ3) is 5.18. The Morgan fingerprint density at radius 2 is 1.49 bits per heavy atom. The second-order valence-corrected chi connectivity index (χ2v) is 9.49. The molecule has 0 aliphatic heterocycles. The lowest BCUT2D eigenvalue weighted by molar-refractivity contribution is -0.136. The van der Waals surface area contributed by atoms with Crippen LogP contribution in [-0.2, 0) is 19.1 Å². The predicted molar refractivity (Wildman–Crippen MR) is 150 cm³/mol. The second kappa shape index (κ2) is 10.2. The van der Waals surface area contributed by atoms with E-state index >= 15 is 0 Å². The largest absolute Gasteiger partial charge is 0.418 e. The Morgan fingerprint density at radius 3 is 2.33 bits per heavy atom. The van der Waals surface area contributed by atoms with Gasteiger partial charge in [0.1, 0.15) is 0 Å². The van der Waals surface area contributed by atoms with E-state index in [9.17, 15) is 13.2 Å². The van der Waals surface area contributed by atoms with Crippen LogP contribution in [0.4, 0.5) is 18.9 Å². The molecule has 0 saturated heterocycles. The fourth-order valence-corrected chi connectivity index (χ4v) is 4.99. The number of nitrogens with one attached hydrogen (secondary N) is 1. The van der Waals surface area contributed by atoms with Gasteiger partial charge in [0.05, 0.1) is 16.6 Å². The van der Waals surface area contributed by atoms with Gasteiger partial charge in [0.2, 0.25) is 0 Å². The van der Waals surface area contributed by atoms with Crippen LogP contribution >= 0.6 is 0 Å². The van der Waals surface area contributed by atoms with Gasteiger partial charge in [0.15, 0.2) is 0 Å². The number of aromatic nitrogens is 2. The van der Waals surface area contributed by atoms with Gasteiger partial charge in [-0.25, -0.2) is 0 Å². The Balaban J connectivity index is 1.40. The quantitative estimate of drug-likeness (QED) is 0.239. The summed E-state index contributed by atoms with van der Waals surface area (Å²) in [6.07, 6.45) is -0.509. The number of rotatable bonds is 6. The van der Waals surface area contributed by atoms with Crippen LogP contribution in [0, 0.1) is 0 Å². The molecule has 2 aromatic heterocycles. The molecule has 0 saturated carbocycles. The van der Waals surface area contributed by atoms with Crippen molar-refractivity contribution in [1.29, 1.82) is 0 Å². The number of benzene rings is 4. The molecular weight excluding hydrogens is 495 g/mol. The molecule has 0 spiro atoms. The zero-order valence-corrected chi connectivity index (χ0v) is 20.9. The van der Waals surface area contributed by atoms with Crippen LogP contribution in [0.25, 0.3) is 32.9 Å². The minimum Gasteiger partial charge on any atom is -0.381 e. The van der Waals surface area contributed by atoms with E-state index in [1.54, 1.807) is 12.3 Å². The molecule has 0 atom stereocenters. The fourth-order valence-electron chi connectivity index (χ4n) is 4.99. The molecule has 0 unspecified atom stereocenters. The minimum atomic E-state index is -4.50. The zero-order chi connectivity index (χ0) is 26.8. The molecule has 0 bridgehead atoms. The molecule has 192 valence electrons. The van der Waals surface area contributed by atoms with Gasteiger partial charge in [-0.2, -0.15) is 13.2 Å². The van der Waals surface area contributed by atoms with Crippen molar-refractivity contribution in [3.63, 3.8) is 0 Å². The molecule has 1 N–H and O–H groups in total. The van der Waals surface area contributed by atoms with Crippen molar-refractivity contribution < 1.29 is 13.2 Å². The fraction of sp³-hybridized carbons (Fsp3) is 0.0909. The Hall–Kier alpha value is -4.71. The van der Waals surface area contributed by atoms with Crippen molar-refractivity contribution in [2.24, 2.45) is 0 Å². The van der Waals surface area contributed by atoms with Crippen molar-refractivity contribution in [2.75, 3.05) is 5.32 Å². The van der Waals surface area contributed by atoms with Crippen molar-refractivity contribution >= 4 is 27.5 Å². The molecule has 6 heteroatoms. The van der Waals surface area contributed by atoms with Crippen LogP contribution in [0.15, 0.2) is 116 Å². The molecule has 0 aliphatic carbocycles. The lowest BCUT2D eigenvalue weighted by Gasteiger charge is -2.17. The van der Waals surface area contributed by atoms with Crippen molar-refractivity contribution in [3.8, 4) is 11.1 Å². The van der Waals surface area contributed by atoms with E-state index in [0.29, 0.717) is 18.4 Å². The van der Waals surface area contributed by atoms with Crippen LogP contribution in [-0.4, -0.2) is 9.97 Å². The highest BCUT2D eigenvalue weighted by Gasteiger charge is 2.33. The summed E-state index contributed by atoms with van der Waals surface area (Å²) in [7, 11) is 0. The van der Waals surface area contributed by atoms with Crippen molar-refractivity contribution in [2.45, 2.75) is 19.1 Å². The Morgan fingerprint density at radius 1 is 0.692 bits per heavy atom. The number of anilines is 1. The van der Waals surface area contributed by atoms with Crippen molar-refractivity contribution in [1.82, 2.24) is 9.97 Å². The molecule has 0 aliphatic rings. The van der Waals surface area contributed by atoms with Gasteiger partial charge in [-0.15, -0.1) is 0 Å². The van der Waals surface area contributed by atoms with Crippen LogP contribution < -0.4 is 5.32 Å². The molecular formula is C33H24F3N3. The number of fused-ring (bicyclic) bond motifs is 2. The molecule has 6 rings (SSSR count). The first-order valence-electron chi connectivity index (χ1n) is 12.7. The molecule has 39 heavy (non-hydrogen) atoms. The van der Waals surface area contributed by atoms with Crippen LogP contribution in [0.1, 0.15) is 22.3 Å². The van der Waals surface area contributed by atoms with Gasteiger partial charge >= 0.3 is 6.18 Å². The van der Waals surface area contributed by atoms with Crippen LogP contribution in [0.2, 0.25) is 0 Å². The second-order valence-electron chi connectivity index (χ2n) is 9.49. The maximum absolute atomic E-state index is 13.9. The average Bonchev–Trinajstić information content (AvgIpc) is 2.95. The predicted octanol–water partition coefficient (Wildman–Crippen LogP) is 8.67. The lowest BCUT2D eigenvalue weighted by atomic mass is 9.91. The third-order valence-corrected chi connectivity index (χ3v) is 6.81. The molecule has 0 radical (unpaired) electrons. The van der Waals surface area contributed by atoms with Crippen molar-refractivity contribution in [3.05, 3.63) is 138 Å². The molecule has 3 nitrogen and oxygen atoms in total. The smallest absolute Gasteiger partial charge is 0.381 e. The lowest BCUT2D eigenvalue weighted by Crippen LogP contribution is -2.07. The molecule has 0 fully saturated rings. The number of para-hydroxylation sites is 2. The minimum absolute atomic E-state index is 0.0441. The maximum atomic E-state index is 13.9. The van der Waals surface area contributed by atoms with E-state index in [1.165, 1.54) is 6.07 Å². The summed E-state index contributed by atoms with van der Waals surface area (Å²) in [6, 6.07) is 32.0. The normalized spacial score (nSPS) is 11.7. The van der Waals surface area contributed by atoms with Gasteiger partial charge in [0.25, 0.3) is 0 Å². The van der Waals surface area contributed by atoms with E-state index in [4.69, 9.17) is 0 Å². The molecule has 0 amide bonds. The highest BCUT2D eigenvalue weighted by molar-refractivity contribution is 5.98. The number of alkyl halides is 3. The highest BCUT2D eigenvalue weighted by atomic mass is 19.4. The Bertz CT molecular complexity index is 1780. The van der Waals surface area contributed by atoms with Gasteiger partial charge in [-0.05, 0) is 64.6 Å². The van der Waals surface area contributed by atoms with E-state index in [0.717, 1.165) is 50.5 Å². The van der Waals surface area contributed by atoms with E-state index in [-0.39, 0.29) is 5.52 Å². The zero-order valence-electron chi connectivity index (χ0n) is 20.9. The topological polar surface area (TPSA) is 37.8 Å². The standard InChI is InChI=1S/C33H24F3N3/c34-33(35,36)29-14-7-13-28-31(26(21-39-32(28)29)16-22-8-2-1-3-9-22)25-11-6-12-27(18-25)37-19-23-17-24-10-4-5-15-30(24)38-20-23/h1-15,17-18,20-21,37H,16,19H2. The van der Waals surface area contributed by atoms with Gasteiger partial charge in [0, 0.05) is 35.4 Å². The third-order valence-electron chi connectivity index (χ3n) is 6.81. The van der Waals surface area contributed by atoms with Crippen LogP contribution in [0.3, 0.4) is 0 Å². The maximum Gasteiger partial charge on any atom is 0.418 e. The summed E-state index contributed by atoms with van der Waals surface area (Å²) >= 11 is 0. The molecule has 2 heterocycles. The monoisotopic (exact) mass is 519 g/mol. The molecule has 4 aromatic carbocycles. The number of halogens is 3. The summed E-state index contributed by atoms with van der Waals surface area (Å²) in [6.45, 7) is 0.563. The first-order valence-corrected chi connectivity index (χ1v) is 12.7. The first-order chi connectivity index (χ1) is 19.0. The van der Waals surface area contributed by atoms with Gasteiger partial charge in [-0.3, -0.25) is 9.97 Å². The average molecular weight is 520 g/mol. The summed E-state index contributed by atoms with van der Waals surface area (Å²) < 4.78 is 41.6. The highest BCUT2D eigenvalue weighted by Crippen LogP contribution is 2.39. The summed E-state index contributed by atoms with van der Waals surface area (Å²) in [5.74, 6) is 0. The first kappa shape index (κ1) is 24.6. The number of hydrogen-bond donors (Lipinski definition) is 1.